The zero-order chi connectivity index (χ0) is 13.9. The van der Waals surface area contributed by atoms with Crippen molar-refractivity contribution >= 4 is 5.78 Å². The fraction of sp³-hybridized carbons (Fsp3) is 0.267. The van der Waals surface area contributed by atoms with Crippen LogP contribution >= 0.6 is 0 Å². The third-order valence-corrected chi connectivity index (χ3v) is 3.32. The molecule has 1 aliphatic rings. The minimum absolute atomic E-state index is 0.205. The number of methoxy groups -OCH3 is 1. The molecular weight excluding hydrogens is 256 g/mol. The van der Waals surface area contributed by atoms with Gasteiger partial charge in [-0.15, -0.1) is 0 Å². The number of hydrogen-bond acceptors (Lipinski definition) is 5. The van der Waals surface area contributed by atoms with Crippen LogP contribution in [0.1, 0.15) is 27.7 Å². The predicted molar refractivity (Wildman–Crippen MR) is 71.8 cm³/mol. The summed E-state index contributed by atoms with van der Waals surface area (Å²) in [6.45, 7) is 0.524. The molecule has 1 unspecified atom stereocenters. The number of Topliss-reactive ketones (excluding diaryl/α,β-unsaturated/α-hetero) is 1. The largest absolute Gasteiger partial charge is 0.479 e. The molecule has 5 heteroatoms. The monoisotopic (exact) mass is 270 g/mol. The topological polar surface area (TPSA) is 61.3 Å². The molecule has 1 aromatic heterocycles. The highest BCUT2D eigenvalue weighted by molar-refractivity contribution is 6.00. The molecule has 0 saturated carbocycles. The first-order chi connectivity index (χ1) is 9.81. The van der Waals surface area contributed by atoms with E-state index in [4.69, 9.17) is 9.47 Å². The number of nitrogens with zero attached hydrogens (tertiary/aromatic N) is 2. The van der Waals surface area contributed by atoms with E-state index in [0.29, 0.717) is 6.61 Å². The first kappa shape index (κ1) is 12.7. The number of ketones is 1. The van der Waals surface area contributed by atoms with Gasteiger partial charge in [-0.25, -0.2) is 9.97 Å². The third kappa shape index (κ3) is 2.16. The first-order valence-corrected chi connectivity index (χ1v) is 6.40. The van der Waals surface area contributed by atoms with Gasteiger partial charge >= 0.3 is 0 Å². The summed E-state index contributed by atoms with van der Waals surface area (Å²) >= 11 is 0. The lowest BCUT2D eigenvalue weighted by atomic mass is 9.94. The van der Waals surface area contributed by atoms with Crippen molar-refractivity contribution in [3.63, 3.8) is 0 Å². The summed E-state index contributed by atoms with van der Waals surface area (Å²) in [4.78, 5) is 20.7. The van der Waals surface area contributed by atoms with Gasteiger partial charge in [-0.2, -0.15) is 0 Å². The van der Waals surface area contributed by atoms with E-state index in [0.717, 1.165) is 17.5 Å². The van der Waals surface area contributed by atoms with Gasteiger partial charge in [-0.3, -0.25) is 4.79 Å². The molecule has 0 amide bonds. The lowest BCUT2D eigenvalue weighted by molar-refractivity contribution is 0.0341. The van der Waals surface area contributed by atoms with E-state index in [2.05, 4.69) is 9.97 Å². The van der Waals surface area contributed by atoms with Crippen LogP contribution in [-0.4, -0.2) is 29.5 Å². The summed E-state index contributed by atoms with van der Waals surface area (Å²) in [6, 6.07) is 7.81. The Morgan fingerprint density at radius 1 is 1.30 bits per heavy atom. The summed E-state index contributed by atoms with van der Waals surface area (Å²) in [5.74, 6) is 0.00579. The number of carbonyl (C=O) groups is 1. The quantitative estimate of drug-likeness (QED) is 0.798. The minimum Gasteiger partial charge on any atom is -0.479 e. The van der Waals surface area contributed by atoms with Gasteiger partial charge in [0.05, 0.1) is 13.7 Å². The van der Waals surface area contributed by atoms with E-state index in [-0.39, 0.29) is 17.4 Å². The molecule has 0 fully saturated rings. The van der Waals surface area contributed by atoms with Crippen molar-refractivity contribution in [2.75, 3.05) is 13.7 Å². The molecule has 1 aliphatic heterocycles. The number of rotatable bonds is 3. The Kier molecular flexibility index (Phi) is 3.43. The Morgan fingerprint density at radius 3 is 2.95 bits per heavy atom. The summed E-state index contributed by atoms with van der Waals surface area (Å²) in [5.41, 5.74) is 2.24. The number of hydrogen-bond donors (Lipinski definition) is 0. The predicted octanol–water partition coefficient (Wildman–Crippen LogP) is 1.98. The molecule has 2 aromatic rings. The minimum atomic E-state index is -0.634. The van der Waals surface area contributed by atoms with Crippen molar-refractivity contribution in [2.24, 2.45) is 0 Å². The molecule has 0 N–H and O–H groups in total. The molecule has 5 nitrogen and oxygen atoms in total. The highest BCUT2D eigenvalue weighted by Gasteiger charge is 2.31. The van der Waals surface area contributed by atoms with Crippen LogP contribution in [0.3, 0.4) is 0 Å². The maximum Gasteiger partial charge on any atom is 0.243 e. The Labute approximate surface area is 116 Å². The molecule has 0 spiro atoms. The number of benzene rings is 1. The van der Waals surface area contributed by atoms with Crippen LogP contribution in [0.25, 0.3) is 0 Å². The van der Waals surface area contributed by atoms with Gasteiger partial charge < -0.3 is 9.47 Å². The molecule has 20 heavy (non-hydrogen) atoms. The van der Waals surface area contributed by atoms with Crippen LogP contribution in [0, 0.1) is 0 Å². The Bertz CT molecular complexity index is 643. The standard InChI is InChI=1S/C15H14N2O3/c1-19-15-12(16-7-8-17-15)13(18)14-11-5-3-2-4-10(11)6-9-20-14/h2-5,7-8,14H,6,9H2,1H3. The van der Waals surface area contributed by atoms with E-state index < -0.39 is 6.10 Å². The fourth-order valence-corrected chi connectivity index (χ4v) is 2.38. The summed E-state index contributed by atoms with van der Waals surface area (Å²) < 4.78 is 10.7. The molecule has 102 valence electrons. The molecule has 0 radical (unpaired) electrons. The van der Waals surface area contributed by atoms with Crippen molar-refractivity contribution in [1.82, 2.24) is 9.97 Å². The lowest BCUT2D eigenvalue weighted by Crippen LogP contribution is -2.24. The lowest BCUT2D eigenvalue weighted by Gasteiger charge is -2.24. The van der Waals surface area contributed by atoms with Crippen LogP contribution in [0.15, 0.2) is 36.7 Å². The molecule has 1 aromatic carbocycles. The molecule has 0 saturated heterocycles. The van der Waals surface area contributed by atoms with Gasteiger partial charge in [-0.1, -0.05) is 24.3 Å². The van der Waals surface area contributed by atoms with E-state index >= 15 is 0 Å². The maximum atomic E-state index is 12.6. The van der Waals surface area contributed by atoms with Gasteiger partial charge in [0.1, 0.15) is 6.10 Å². The number of fused-ring (bicyclic) bond motifs is 1. The summed E-state index contributed by atoms with van der Waals surface area (Å²) in [5, 5.41) is 0. The smallest absolute Gasteiger partial charge is 0.243 e. The molecule has 3 rings (SSSR count). The Morgan fingerprint density at radius 2 is 2.10 bits per heavy atom. The second kappa shape index (κ2) is 5.38. The van der Waals surface area contributed by atoms with Crippen molar-refractivity contribution in [3.8, 4) is 5.88 Å². The summed E-state index contributed by atoms with van der Waals surface area (Å²) in [7, 11) is 1.47. The molecular formula is C15H14N2O3. The van der Waals surface area contributed by atoms with Crippen molar-refractivity contribution in [1.29, 1.82) is 0 Å². The molecule has 0 bridgehead atoms. The maximum absolute atomic E-state index is 12.6. The van der Waals surface area contributed by atoms with Gasteiger partial charge in [0.15, 0.2) is 5.69 Å². The van der Waals surface area contributed by atoms with Crippen LogP contribution in [-0.2, 0) is 11.2 Å². The van der Waals surface area contributed by atoms with Crippen molar-refractivity contribution < 1.29 is 14.3 Å². The Hall–Kier alpha value is -2.27. The van der Waals surface area contributed by atoms with Crippen LogP contribution in [0.2, 0.25) is 0 Å². The van der Waals surface area contributed by atoms with Crippen LogP contribution in [0.4, 0.5) is 0 Å². The van der Waals surface area contributed by atoms with Crippen LogP contribution < -0.4 is 4.74 Å². The van der Waals surface area contributed by atoms with E-state index in [1.807, 2.05) is 24.3 Å². The third-order valence-electron chi connectivity index (χ3n) is 3.32. The SMILES string of the molecule is COc1nccnc1C(=O)C1OCCc2ccccc21. The zero-order valence-electron chi connectivity index (χ0n) is 11.1. The highest BCUT2D eigenvalue weighted by Crippen LogP contribution is 2.30. The van der Waals surface area contributed by atoms with Gasteiger partial charge in [-0.05, 0) is 17.5 Å². The number of carbonyl (C=O) groups excluding carboxylic acids is 1. The van der Waals surface area contributed by atoms with Gasteiger partial charge in [0.25, 0.3) is 0 Å². The van der Waals surface area contributed by atoms with Crippen molar-refractivity contribution in [2.45, 2.75) is 12.5 Å². The van der Waals surface area contributed by atoms with Gasteiger partial charge in [0, 0.05) is 12.4 Å². The van der Waals surface area contributed by atoms with E-state index in [1.165, 1.54) is 19.5 Å². The average Bonchev–Trinajstić information content (AvgIpc) is 2.53. The fourth-order valence-electron chi connectivity index (χ4n) is 2.38. The first-order valence-electron chi connectivity index (χ1n) is 6.40. The average molecular weight is 270 g/mol. The second-order valence-electron chi connectivity index (χ2n) is 4.48. The number of aromatic nitrogens is 2. The Balaban J connectivity index is 2.00. The zero-order valence-corrected chi connectivity index (χ0v) is 11.1. The summed E-state index contributed by atoms with van der Waals surface area (Å²) in [6.07, 6.45) is 3.15. The molecule has 1 atom stereocenters. The highest BCUT2D eigenvalue weighted by atomic mass is 16.5. The molecule has 0 aliphatic carbocycles. The van der Waals surface area contributed by atoms with E-state index in [1.54, 1.807) is 0 Å². The van der Waals surface area contributed by atoms with Gasteiger partial charge in [0.2, 0.25) is 11.7 Å². The normalized spacial score (nSPS) is 17.4. The molecule has 2 heterocycles. The van der Waals surface area contributed by atoms with Crippen molar-refractivity contribution in [3.05, 3.63) is 53.5 Å². The van der Waals surface area contributed by atoms with E-state index in [9.17, 15) is 4.79 Å². The second-order valence-corrected chi connectivity index (χ2v) is 4.48. The van der Waals surface area contributed by atoms with Crippen LogP contribution in [0.5, 0.6) is 5.88 Å². The number of ether oxygens (including phenoxy) is 2.